The van der Waals surface area contributed by atoms with E-state index in [1.54, 1.807) is 36.1 Å². The third-order valence-corrected chi connectivity index (χ3v) is 4.19. The topological polar surface area (TPSA) is 86.1 Å². The molecule has 23 heavy (non-hydrogen) atoms. The van der Waals surface area contributed by atoms with Crippen LogP contribution in [0, 0.1) is 6.92 Å². The largest absolute Gasteiger partial charge is 0.465 e. The summed E-state index contributed by atoms with van der Waals surface area (Å²) in [7, 11) is 3.09. The first-order valence-corrected chi connectivity index (χ1v) is 7.60. The number of thiazole rings is 1. The minimum atomic E-state index is -0.407. The number of carbonyl (C=O) groups excluding carboxylic acids is 2. The molecular weight excluding hydrogens is 316 g/mol. The number of amides is 1. The first-order valence-electron chi connectivity index (χ1n) is 6.78. The van der Waals surface area contributed by atoms with Gasteiger partial charge in [0.2, 0.25) is 0 Å². The summed E-state index contributed by atoms with van der Waals surface area (Å²) in [6.07, 6.45) is 1.77. The maximum absolute atomic E-state index is 12.3. The highest BCUT2D eigenvalue weighted by atomic mass is 32.1. The zero-order chi connectivity index (χ0) is 16.6. The molecule has 0 aliphatic carbocycles. The SMILES string of the molecule is COC(=O)c1ccc2nc(NC(=O)c3nn(C)cc3C)sc2c1. The number of benzene rings is 1. The Kier molecular flexibility index (Phi) is 3.83. The van der Waals surface area contributed by atoms with Crippen LogP contribution in [-0.2, 0) is 11.8 Å². The average Bonchev–Trinajstić information content (AvgIpc) is 3.07. The van der Waals surface area contributed by atoms with E-state index in [0.717, 1.165) is 10.3 Å². The number of carbonyl (C=O) groups is 2. The number of methoxy groups -OCH3 is 1. The van der Waals surface area contributed by atoms with E-state index >= 15 is 0 Å². The quantitative estimate of drug-likeness (QED) is 0.745. The van der Waals surface area contributed by atoms with Crippen molar-refractivity contribution in [3.8, 4) is 0 Å². The van der Waals surface area contributed by atoms with Gasteiger partial charge < -0.3 is 4.74 Å². The smallest absolute Gasteiger partial charge is 0.337 e. The monoisotopic (exact) mass is 330 g/mol. The lowest BCUT2D eigenvalue weighted by atomic mass is 10.2. The molecular formula is C15H14N4O3S. The molecule has 8 heteroatoms. The summed E-state index contributed by atoms with van der Waals surface area (Å²) < 4.78 is 7.08. The second-order valence-electron chi connectivity index (χ2n) is 4.98. The van der Waals surface area contributed by atoms with Crippen molar-refractivity contribution in [3.05, 3.63) is 41.2 Å². The van der Waals surface area contributed by atoms with Crippen molar-refractivity contribution in [1.82, 2.24) is 14.8 Å². The molecule has 0 saturated heterocycles. The zero-order valence-corrected chi connectivity index (χ0v) is 13.6. The first kappa shape index (κ1) is 15.2. The molecule has 2 heterocycles. The highest BCUT2D eigenvalue weighted by Gasteiger charge is 2.16. The van der Waals surface area contributed by atoms with Gasteiger partial charge in [0.05, 0.1) is 22.9 Å². The molecule has 0 radical (unpaired) electrons. The molecule has 0 bridgehead atoms. The van der Waals surface area contributed by atoms with E-state index in [2.05, 4.69) is 15.4 Å². The minimum Gasteiger partial charge on any atom is -0.465 e. The van der Waals surface area contributed by atoms with Crippen molar-refractivity contribution >= 4 is 38.6 Å². The summed E-state index contributed by atoms with van der Waals surface area (Å²) in [5, 5.41) is 7.33. The standard InChI is InChI=1S/C15H14N4O3S/c1-8-7-19(2)18-12(8)13(20)17-15-16-10-5-4-9(14(21)22-3)6-11(10)23-15/h4-7H,1-3H3,(H,16,17,20). The van der Waals surface area contributed by atoms with Gasteiger partial charge in [0.25, 0.3) is 5.91 Å². The van der Waals surface area contributed by atoms with Crippen molar-refractivity contribution in [3.63, 3.8) is 0 Å². The summed E-state index contributed by atoms with van der Waals surface area (Å²) in [5.74, 6) is -0.717. The molecule has 1 aromatic carbocycles. The summed E-state index contributed by atoms with van der Waals surface area (Å²) in [4.78, 5) is 28.1. The molecule has 0 saturated carbocycles. The molecule has 118 valence electrons. The van der Waals surface area contributed by atoms with Crippen molar-refractivity contribution in [2.75, 3.05) is 12.4 Å². The van der Waals surface area contributed by atoms with E-state index in [1.165, 1.54) is 18.4 Å². The highest BCUT2D eigenvalue weighted by molar-refractivity contribution is 7.22. The Hall–Kier alpha value is -2.74. The maximum atomic E-state index is 12.3. The number of anilines is 1. The van der Waals surface area contributed by atoms with Gasteiger partial charge >= 0.3 is 5.97 Å². The highest BCUT2D eigenvalue weighted by Crippen LogP contribution is 2.27. The number of hydrogen-bond acceptors (Lipinski definition) is 6. The van der Waals surface area contributed by atoms with E-state index in [-0.39, 0.29) is 5.91 Å². The first-order chi connectivity index (χ1) is 11.0. The molecule has 0 aliphatic rings. The van der Waals surface area contributed by atoms with E-state index in [0.29, 0.717) is 21.9 Å². The van der Waals surface area contributed by atoms with E-state index in [9.17, 15) is 9.59 Å². The second kappa shape index (κ2) is 5.81. The number of aryl methyl sites for hydroxylation is 2. The van der Waals surface area contributed by atoms with Gasteiger partial charge in [-0.25, -0.2) is 9.78 Å². The molecule has 3 aromatic rings. The van der Waals surface area contributed by atoms with Crippen LogP contribution in [0.15, 0.2) is 24.4 Å². The van der Waals surface area contributed by atoms with E-state index in [4.69, 9.17) is 4.74 Å². The summed E-state index contributed by atoms with van der Waals surface area (Å²) >= 11 is 1.29. The summed E-state index contributed by atoms with van der Waals surface area (Å²) in [6, 6.07) is 5.06. The Morgan fingerprint density at radius 1 is 1.35 bits per heavy atom. The molecule has 2 aromatic heterocycles. The number of fused-ring (bicyclic) bond motifs is 1. The van der Waals surface area contributed by atoms with Crippen molar-refractivity contribution in [2.45, 2.75) is 6.92 Å². The second-order valence-corrected chi connectivity index (χ2v) is 6.01. The normalized spacial score (nSPS) is 10.7. The Balaban J connectivity index is 1.87. The van der Waals surface area contributed by atoms with E-state index in [1.807, 2.05) is 6.92 Å². The van der Waals surface area contributed by atoms with Crippen molar-refractivity contribution < 1.29 is 14.3 Å². The van der Waals surface area contributed by atoms with Crippen molar-refractivity contribution in [1.29, 1.82) is 0 Å². The molecule has 0 fully saturated rings. The minimum absolute atomic E-state index is 0.310. The van der Waals surface area contributed by atoms with Gasteiger partial charge in [-0.1, -0.05) is 11.3 Å². The van der Waals surface area contributed by atoms with Crippen LogP contribution in [0.3, 0.4) is 0 Å². The number of nitrogens with zero attached hydrogens (tertiary/aromatic N) is 3. The molecule has 0 atom stereocenters. The number of esters is 1. The number of rotatable bonds is 3. The fourth-order valence-corrected chi connectivity index (χ4v) is 3.11. The molecule has 7 nitrogen and oxygen atoms in total. The van der Waals surface area contributed by atoms with Crippen LogP contribution < -0.4 is 5.32 Å². The van der Waals surface area contributed by atoms with Gasteiger partial charge in [-0.05, 0) is 25.1 Å². The summed E-state index contributed by atoms with van der Waals surface area (Å²) in [5.41, 5.74) is 2.30. The third kappa shape index (κ3) is 2.93. The number of hydrogen-bond donors (Lipinski definition) is 1. The average molecular weight is 330 g/mol. The van der Waals surface area contributed by atoms with Gasteiger partial charge in [0, 0.05) is 18.8 Å². The summed E-state index contributed by atoms with van der Waals surface area (Å²) in [6.45, 7) is 1.82. The van der Waals surface area contributed by atoms with Crippen LogP contribution in [0.25, 0.3) is 10.2 Å². The van der Waals surface area contributed by atoms with Gasteiger partial charge in [-0.3, -0.25) is 14.8 Å². The fraction of sp³-hybridized carbons (Fsp3) is 0.200. The maximum Gasteiger partial charge on any atom is 0.337 e. The zero-order valence-electron chi connectivity index (χ0n) is 12.8. The van der Waals surface area contributed by atoms with Crippen LogP contribution in [0.1, 0.15) is 26.4 Å². The third-order valence-electron chi connectivity index (χ3n) is 3.26. The Labute approximate surface area is 135 Å². The number of aromatic nitrogens is 3. The van der Waals surface area contributed by atoms with Gasteiger partial charge in [0.1, 0.15) is 0 Å². The van der Waals surface area contributed by atoms with Crippen LogP contribution in [0.4, 0.5) is 5.13 Å². The van der Waals surface area contributed by atoms with Gasteiger partial charge in [-0.15, -0.1) is 0 Å². The van der Waals surface area contributed by atoms with Crippen molar-refractivity contribution in [2.24, 2.45) is 7.05 Å². The van der Waals surface area contributed by atoms with Gasteiger partial charge in [-0.2, -0.15) is 5.10 Å². The number of ether oxygens (including phenoxy) is 1. The molecule has 0 spiro atoms. The number of nitrogens with one attached hydrogen (secondary N) is 1. The van der Waals surface area contributed by atoms with Crippen LogP contribution in [-0.4, -0.2) is 33.8 Å². The fourth-order valence-electron chi connectivity index (χ4n) is 2.21. The molecule has 0 aliphatic heterocycles. The van der Waals surface area contributed by atoms with Crippen LogP contribution in [0.5, 0.6) is 0 Å². The molecule has 1 N–H and O–H groups in total. The Bertz CT molecular complexity index is 913. The lowest BCUT2D eigenvalue weighted by Crippen LogP contribution is -2.13. The lowest BCUT2D eigenvalue weighted by Gasteiger charge is -1.98. The molecule has 1 amide bonds. The lowest BCUT2D eigenvalue weighted by molar-refractivity contribution is 0.0601. The molecule has 0 unspecified atom stereocenters. The Morgan fingerprint density at radius 2 is 2.13 bits per heavy atom. The predicted molar refractivity (Wildman–Crippen MR) is 86.9 cm³/mol. The van der Waals surface area contributed by atoms with Crippen LogP contribution >= 0.6 is 11.3 Å². The van der Waals surface area contributed by atoms with Crippen LogP contribution in [0.2, 0.25) is 0 Å². The van der Waals surface area contributed by atoms with E-state index < -0.39 is 5.97 Å². The molecule has 3 rings (SSSR count). The Morgan fingerprint density at radius 3 is 2.78 bits per heavy atom. The van der Waals surface area contributed by atoms with Gasteiger partial charge in [0.15, 0.2) is 10.8 Å². The predicted octanol–water partition coefficient (Wildman–Crippen LogP) is 2.38.